The van der Waals surface area contributed by atoms with E-state index in [1.165, 1.54) is 11.3 Å². The molecule has 2 aromatic rings. The van der Waals surface area contributed by atoms with E-state index in [4.69, 9.17) is 4.74 Å². The highest BCUT2D eigenvalue weighted by Gasteiger charge is 2.25. The van der Waals surface area contributed by atoms with E-state index in [0.717, 1.165) is 79.9 Å². The smallest absolute Gasteiger partial charge is 0.273 e. The largest absolute Gasteiger partial charge is 0.464 e. The summed E-state index contributed by atoms with van der Waals surface area (Å²) >= 11 is 1.40. The highest BCUT2D eigenvalue weighted by atomic mass is 32.1. The number of nitrogens with zero attached hydrogens (tertiary/aromatic N) is 3. The van der Waals surface area contributed by atoms with E-state index in [-0.39, 0.29) is 11.9 Å². The molecule has 1 aliphatic heterocycles. The molecule has 0 aromatic carbocycles. The number of nitrogens with one attached hydrogen (secondary N) is 1. The quantitative estimate of drug-likeness (QED) is 0.586. The maximum Gasteiger partial charge on any atom is 0.273 e. The van der Waals surface area contributed by atoms with Gasteiger partial charge in [0.15, 0.2) is 6.61 Å². The third-order valence-electron chi connectivity index (χ3n) is 6.48. The second-order valence-corrected chi connectivity index (χ2v) is 10.2. The van der Waals surface area contributed by atoms with Gasteiger partial charge in [0.2, 0.25) is 5.91 Å². The summed E-state index contributed by atoms with van der Waals surface area (Å²) in [6, 6.07) is 2.28. The van der Waals surface area contributed by atoms with Gasteiger partial charge >= 0.3 is 0 Å². The average Bonchev–Trinajstić information content (AvgIpc) is 3.19. The van der Waals surface area contributed by atoms with Crippen molar-refractivity contribution in [2.75, 3.05) is 19.7 Å². The molecule has 0 saturated heterocycles. The van der Waals surface area contributed by atoms with E-state index in [1.54, 1.807) is 12.4 Å². The maximum atomic E-state index is 12.4. The molecule has 0 radical (unpaired) electrons. The Hall–Kier alpha value is -2.13. The van der Waals surface area contributed by atoms with Crippen LogP contribution in [-0.4, -0.2) is 52.9 Å². The number of fused-ring (bicyclic) bond motifs is 1. The molecule has 2 aliphatic rings. The molecule has 0 atom stereocenters. The van der Waals surface area contributed by atoms with E-state index in [9.17, 15) is 13.6 Å². The van der Waals surface area contributed by atoms with Gasteiger partial charge in [0.25, 0.3) is 11.6 Å². The topological polar surface area (TPSA) is 67.4 Å². The molecular formula is C24H32F2N4O2S. The Morgan fingerprint density at radius 2 is 2.12 bits per heavy atom. The fourth-order valence-corrected chi connectivity index (χ4v) is 5.67. The van der Waals surface area contributed by atoms with Gasteiger partial charge in [-0.05, 0) is 69.0 Å². The van der Waals surface area contributed by atoms with Crippen LogP contribution in [0, 0.1) is 12.8 Å². The van der Waals surface area contributed by atoms with Crippen molar-refractivity contribution < 1.29 is 18.3 Å². The fourth-order valence-electron chi connectivity index (χ4n) is 4.75. The average molecular weight is 479 g/mol. The van der Waals surface area contributed by atoms with Crippen molar-refractivity contribution in [3.8, 4) is 5.19 Å². The van der Waals surface area contributed by atoms with E-state index >= 15 is 0 Å². The zero-order chi connectivity index (χ0) is 23.2. The first-order chi connectivity index (χ1) is 15.9. The second kappa shape index (κ2) is 11.3. The zero-order valence-corrected chi connectivity index (χ0v) is 19.9. The number of ether oxygens (including phenoxy) is 1. The Morgan fingerprint density at radius 1 is 1.30 bits per heavy atom. The molecule has 1 amide bonds. The minimum Gasteiger partial charge on any atom is -0.464 e. The van der Waals surface area contributed by atoms with Crippen LogP contribution in [0.3, 0.4) is 0 Å². The van der Waals surface area contributed by atoms with Gasteiger partial charge in [-0.2, -0.15) is 0 Å². The summed E-state index contributed by atoms with van der Waals surface area (Å²) < 4.78 is 29.8. The molecule has 1 N–H and O–H groups in total. The van der Waals surface area contributed by atoms with E-state index in [1.807, 2.05) is 13.0 Å². The molecule has 6 nitrogen and oxygen atoms in total. The van der Waals surface area contributed by atoms with E-state index in [2.05, 4.69) is 20.2 Å². The van der Waals surface area contributed by atoms with Crippen LogP contribution in [0.1, 0.15) is 53.8 Å². The molecule has 4 rings (SSSR count). The van der Waals surface area contributed by atoms with Crippen molar-refractivity contribution >= 4 is 17.2 Å². The number of halogens is 2. The van der Waals surface area contributed by atoms with Crippen molar-refractivity contribution in [1.82, 2.24) is 20.2 Å². The highest BCUT2D eigenvalue weighted by molar-refractivity contribution is 7.13. The van der Waals surface area contributed by atoms with Crippen molar-refractivity contribution in [3.63, 3.8) is 0 Å². The molecule has 1 aliphatic carbocycles. The Labute approximate surface area is 197 Å². The molecule has 0 spiro atoms. The lowest BCUT2D eigenvalue weighted by Crippen LogP contribution is -2.39. The molecule has 1 saturated carbocycles. The van der Waals surface area contributed by atoms with Crippen LogP contribution in [0.5, 0.6) is 5.19 Å². The summed E-state index contributed by atoms with van der Waals surface area (Å²) in [5.74, 6) is 0.760. The van der Waals surface area contributed by atoms with E-state index in [0.29, 0.717) is 17.5 Å². The van der Waals surface area contributed by atoms with Crippen LogP contribution in [0.25, 0.3) is 0 Å². The molecule has 1 fully saturated rings. The van der Waals surface area contributed by atoms with Gasteiger partial charge in [-0.3, -0.25) is 14.7 Å². The SMILES string of the molecule is Cc1cncc(CC(=O)N[C@H]2CC[C@H](CCN3CCc4sc(OCC(F)F)nc4C3)CC2)c1. The summed E-state index contributed by atoms with van der Waals surface area (Å²) in [7, 11) is 0. The summed E-state index contributed by atoms with van der Waals surface area (Å²) in [4.78, 5) is 24.5. The van der Waals surface area contributed by atoms with Crippen molar-refractivity contribution in [2.24, 2.45) is 5.92 Å². The number of aryl methyl sites for hydroxylation is 1. The number of rotatable bonds is 9. The summed E-state index contributed by atoms with van der Waals surface area (Å²) in [5, 5.41) is 3.56. The third kappa shape index (κ3) is 7.17. The Bertz CT molecular complexity index is 931. The molecule has 0 bridgehead atoms. The first-order valence-corrected chi connectivity index (χ1v) is 12.6. The van der Waals surface area contributed by atoms with Crippen molar-refractivity contribution in [2.45, 2.75) is 70.9 Å². The van der Waals surface area contributed by atoms with Gasteiger partial charge < -0.3 is 10.1 Å². The standard InChI is InChI=1S/C24H32F2N4O2S/c1-16-10-18(13-27-12-16)11-23(31)28-19-4-2-17(3-5-19)6-8-30-9-7-21-20(14-30)29-24(33-21)32-15-22(25)26/h10,12-13,17,19,22H,2-9,11,14-15H2,1H3,(H,28,31)/t17-,19-. The number of amides is 1. The lowest BCUT2D eigenvalue weighted by Gasteiger charge is -2.32. The van der Waals surface area contributed by atoms with Gasteiger partial charge in [-0.25, -0.2) is 13.8 Å². The second-order valence-electron chi connectivity index (χ2n) is 9.20. The van der Waals surface area contributed by atoms with Gasteiger partial charge in [0.1, 0.15) is 0 Å². The lowest BCUT2D eigenvalue weighted by atomic mass is 9.84. The van der Waals surface area contributed by atoms with Gasteiger partial charge in [-0.15, -0.1) is 0 Å². The number of thiazole rings is 1. The maximum absolute atomic E-state index is 12.4. The number of hydrogen-bond acceptors (Lipinski definition) is 6. The molecule has 3 heterocycles. The van der Waals surface area contributed by atoms with Gasteiger partial charge in [0.05, 0.1) is 12.1 Å². The van der Waals surface area contributed by atoms with E-state index < -0.39 is 13.0 Å². The predicted molar refractivity (Wildman–Crippen MR) is 124 cm³/mol. The molecule has 2 aromatic heterocycles. The van der Waals surface area contributed by atoms with Crippen LogP contribution >= 0.6 is 11.3 Å². The number of pyridine rings is 1. The number of aromatic nitrogens is 2. The normalized spacial score (nSPS) is 21.1. The zero-order valence-electron chi connectivity index (χ0n) is 19.1. The van der Waals surface area contributed by atoms with Crippen LogP contribution < -0.4 is 10.1 Å². The molecular weight excluding hydrogens is 446 g/mol. The summed E-state index contributed by atoms with van der Waals surface area (Å²) in [5.41, 5.74) is 3.01. The summed E-state index contributed by atoms with van der Waals surface area (Å²) in [6.07, 6.45) is 7.85. The number of carbonyl (C=O) groups excluding carboxylic acids is 1. The lowest BCUT2D eigenvalue weighted by molar-refractivity contribution is -0.121. The number of alkyl halides is 2. The molecule has 9 heteroatoms. The minimum absolute atomic E-state index is 0.0788. The summed E-state index contributed by atoms with van der Waals surface area (Å²) in [6.45, 7) is 4.15. The van der Waals surface area contributed by atoms with Crippen LogP contribution in [0.15, 0.2) is 18.5 Å². The van der Waals surface area contributed by atoms with Crippen molar-refractivity contribution in [1.29, 1.82) is 0 Å². The monoisotopic (exact) mass is 478 g/mol. The van der Waals surface area contributed by atoms with Gasteiger partial charge in [-0.1, -0.05) is 17.4 Å². The predicted octanol–water partition coefficient (Wildman–Crippen LogP) is 4.16. The first kappa shape index (κ1) is 24.0. The van der Waals surface area contributed by atoms with Crippen molar-refractivity contribution in [3.05, 3.63) is 40.2 Å². The Balaban J connectivity index is 1.15. The van der Waals surface area contributed by atoms with Crippen LogP contribution in [0.2, 0.25) is 0 Å². The Kier molecular flexibility index (Phi) is 8.25. The van der Waals surface area contributed by atoms with Crippen LogP contribution in [-0.2, 0) is 24.2 Å². The first-order valence-electron chi connectivity index (χ1n) is 11.8. The minimum atomic E-state index is -2.48. The third-order valence-corrected chi connectivity index (χ3v) is 7.55. The number of carbonyl (C=O) groups is 1. The van der Waals surface area contributed by atoms with Crippen LogP contribution in [0.4, 0.5) is 8.78 Å². The Morgan fingerprint density at radius 3 is 2.88 bits per heavy atom. The van der Waals surface area contributed by atoms with Gasteiger partial charge in [0, 0.05) is 36.4 Å². The molecule has 33 heavy (non-hydrogen) atoms. The number of hydrogen-bond donors (Lipinski definition) is 1. The highest BCUT2D eigenvalue weighted by Crippen LogP contribution is 2.31. The molecule has 180 valence electrons. The fraction of sp³-hybridized carbons (Fsp3) is 0.625. The molecule has 0 unspecified atom stereocenters.